The fraction of sp³-hybridized carbons (Fsp3) is 0.200. The van der Waals surface area contributed by atoms with Crippen molar-refractivity contribution in [2.24, 2.45) is 0 Å². The maximum Gasteiger partial charge on any atom is 0.242 e. The van der Waals surface area contributed by atoms with Crippen LogP contribution in [0.5, 0.6) is 0 Å². The van der Waals surface area contributed by atoms with Gasteiger partial charge in [0.15, 0.2) is 0 Å². The van der Waals surface area contributed by atoms with Gasteiger partial charge in [0.2, 0.25) is 5.91 Å². The van der Waals surface area contributed by atoms with Gasteiger partial charge in [0, 0.05) is 20.0 Å². The quantitative estimate of drug-likeness (QED) is 0.488. The summed E-state index contributed by atoms with van der Waals surface area (Å²) in [7, 11) is 1.86. The summed E-state index contributed by atoms with van der Waals surface area (Å²) in [6.45, 7) is 2.99. The monoisotopic (exact) mass is 383 g/mol. The van der Waals surface area contributed by atoms with E-state index >= 15 is 0 Å². The number of rotatable bonds is 6. The highest BCUT2D eigenvalue weighted by Crippen LogP contribution is 2.20. The van der Waals surface area contributed by atoms with Crippen molar-refractivity contribution in [1.29, 1.82) is 0 Å². The average Bonchev–Trinajstić information content (AvgIpc) is 3.07. The summed E-state index contributed by atoms with van der Waals surface area (Å²) in [5.74, 6) is 0.991. The van der Waals surface area contributed by atoms with Gasteiger partial charge in [-0.05, 0) is 35.7 Å². The molecule has 29 heavy (non-hydrogen) atoms. The average molecular weight is 383 g/mol. The minimum absolute atomic E-state index is 0.0723. The predicted octanol–water partition coefficient (Wildman–Crippen LogP) is 4.59. The molecule has 146 valence electrons. The number of aromatic nitrogens is 2. The third-order valence-corrected chi connectivity index (χ3v) is 5.33. The number of fused-ring (bicyclic) bond motifs is 1. The number of carbonyl (C=O) groups excluding carboxylic acids is 1. The maximum atomic E-state index is 13.0. The molecule has 0 atom stereocenters. The van der Waals surface area contributed by atoms with Crippen LogP contribution in [0.15, 0.2) is 78.9 Å². The number of likely N-dealkylation sites (N-methyl/N-ethyl adjacent to an activating group) is 1. The van der Waals surface area contributed by atoms with Gasteiger partial charge in [0.05, 0.1) is 11.0 Å². The number of aryl methyl sites for hydroxylation is 1. The molecule has 0 saturated heterocycles. The van der Waals surface area contributed by atoms with Crippen molar-refractivity contribution in [3.05, 3.63) is 101 Å². The van der Waals surface area contributed by atoms with Gasteiger partial charge >= 0.3 is 0 Å². The van der Waals surface area contributed by atoms with Gasteiger partial charge in [0.1, 0.15) is 12.4 Å². The lowest BCUT2D eigenvalue weighted by Crippen LogP contribution is -2.30. The first kappa shape index (κ1) is 18.9. The van der Waals surface area contributed by atoms with Crippen molar-refractivity contribution < 1.29 is 4.79 Å². The van der Waals surface area contributed by atoms with Crippen LogP contribution in [0.1, 0.15) is 22.5 Å². The lowest BCUT2D eigenvalue weighted by Gasteiger charge is -2.19. The van der Waals surface area contributed by atoms with Gasteiger partial charge in [-0.2, -0.15) is 0 Å². The third kappa shape index (κ3) is 4.21. The molecule has 1 heterocycles. The molecular formula is C25H25N3O. The minimum Gasteiger partial charge on any atom is -0.340 e. The van der Waals surface area contributed by atoms with E-state index in [4.69, 9.17) is 4.98 Å². The molecule has 0 radical (unpaired) electrons. The number of para-hydroxylation sites is 2. The van der Waals surface area contributed by atoms with Crippen LogP contribution < -0.4 is 0 Å². The van der Waals surface area contributed by atoms with Crippen molar-refractivity contribution in [3.63, 3.8) is 0 Å². The van der Waals surface area contributed by atoms with Gasteiger partial charge in [-0.25, -0.2) is 4.98 Å². The van der Waals surface area contributed by atoms with Crippen LogP contribution in [-0.4, -0.2) is 27.4 Å². The maximum absolute atomic E-state index is 13.0. The van der Waals surface area contributed by atoms with E-state index in [2.05, 4.69) is 23.6 Å². The molecule has 0 aliphatic rings. The molecule has 4 rings (SSSR count). The fourth-order valence-corrected chi connectivity index (χ4v) is 3.62. The SMILES string of the molecule is Cc1ccccc1Cc1nc2ccccc2n1CC(=O)N(C)Cc1ccccc1. The second kappa shape index (κ2) is 8.31. The number of benzene rings is 3. The van der Waals surface area contributed by atoms with Crippen LogP contribution in [0.25, 0.3) is 11.0 Å². The van der Waals surface area contributed by atoms with Gasteiger partial charge in [-0.3, -0.25) is 4.79 Å². The van der Waals surface area contributed by atoms with Gasteiger partial charge < -0.3 is 9.47 Å². The largest absolute Gasteiger partial charge is 0.340 e. The van der Waals surface area contributed by atoms with E-state index in [9.17, 15) is 4.79 Å². The second-order valence-corrected chi connectivity index (χ2v) is 7.44. The van der Waals surface area contributed by atoms with E-state index in [-0.39, 0.29) is 12.5 Å². The Bertz CT molecular complexity index is 1130. The zero-order valence-electron chi connectivity index (χ0n) is 16.9. The molecule has 0 aliphatic heterocycles. The standard InChI is InChI=1S/C25H25N3O/c1-19-10-6-7-13-21(19)16-24-26-22-14-8-9-15-23(22)28(24)18-25(29)27(2)17-20-11-4-3-5-12-20/h3-15H,16-18H2,1-2H3. The number of hydrogen-bond acceptors (Lipinski definition) is 2. The van der Waals surface area contributed by atoms with Crippen molar-refractivity contribution in [2.45, 2.75) is 26.4 Å². The molecule has 0 saturated carbocycles. The lowest BCUT2D eigenvalue weighted by atomic mass is 10.1. The number of hydrogen-bond donors (Lipinski definition) is 0. The number of carbonyl (C=O) groups is 1. The molecule has 1 amide bonds. The first-order valence-corrected chi connectivity index (χ1v) is 9.88. The molecule has 0 unspecified atom stereocenters. The van der Waals surface area contributed by atoms with Crippen molar-refractivity contribution >= 4 is 16.9 Å². The fourth-order valence-electron chi connectivity index (χ4n) is 3.62. The number of amides is 1. The highest BCUT2D eigenvalue weighted by molar-refractivity contribution is 5.81. The third-order valence-electron chi connectivity index (χ3n) is 5.33. The summed E-state index contributed by atoms with van der Waals surface area (Å²) in [5, 5.41) is 0. The minimum atomic E-state index is 0.0723. The lowest BCUT2D eigenvalue weighted by molar-refractivity contribution is -0.131. The van der Waals surface area contributed by atoms with Gasteiger partial charge in [-0.15, -0.1) is 0 Å². The van der Waals surface area contributed by atoms with Gasteiger partial charge in [0.25, 0.3) is 0 Å². The molecule has 0 bridgehead atoms. The van der Waals surface area contributed by atoms with E-state index in [0.29, 0.717) is 13.0 Å². The molecule has 0 fully saturated rings. The summed E-state index contributed by atoms with van der Waals surface area (Å²) in [6.07, 6.45) is 0.705. The topological polar surface area (TPSA) is 38.1 Å². The van der Waals surface area contributed by atoms with Crippen molar-refractivity contribution in [3.8, 4) is 0 Å². The highest BCUT2D eigenvalue weighted by Gasteiger charge is 2.17. The van der Waals surface area contributed by atoms with Crippen molar-refractivity contribution in [2.75, 3.05) is 7.05 Å². The first-order chi connectivity index (χ1) is 14.1. The highest BCUT2D eigenvalue weighted by atomic mass is 16.2. The number of imidazole rings is 1. The Morgan fingerprint density at radius 2 is 1.62 bits per heavy atom. The Morgan fingerprint density at radius 1 is 0.931 bits per heavy atom. The molecule has 4 aromatic rings. The summed E-state index contributed by atoms with van der Waals surface area (Å²) in [6, 6.07) is 26.4. The Kier molecular flexibility index (Phi) is 5.43. The van der Waals surface area contributed by atoms with E-state index in [1.165, 1.54) is 11.1 Å². The second-order valence-electron chi connectivity index (χ2n) is 7.44. The summed E-state index contributed by atoms with van der Waals surface area (Å²) in [5.41, 5.74) is 5.51. The molecule has 3 aromatic carbocycles. The molecule has 1 aromatic heterocycles. The Hall–Kier alpha value is -3.40. The Labute approximate surface area is 171 Å². The van der Waals surface area contributed by atoms with E-state index < -0.39 is 0 Å². The molecule has 0 aliphatic carbocycles. The summed E-state index contributed by atoms with van der Waals surface area (Å²) in [4.78, 5) is 19.6. The van der Waals surface area contributed by atoms with E-state index in [1.54, 1.807) is 4.90 Å². The molecular weight excluding hydrogens is 358 g/mol. The smallest absolute Gasteiger partial charge is 0.242 e. The van der Waals surface area contributed by atoms with Crippen LogP contribution >= 0.6 is 0 Å². The van der Waals surface area contributed by atoms with E-state index in [0.717, 1.165) is 22.4 Å². The summed E-state index contributed by atoms with van der Waals surface area (Å²) >= 11 is 0. The Balaban J connectivity index is 1.62. The normalized spacial score (nSPS) is 11.0. The number of nitrogens with zero attached hydrogens (tertiary/aromatic N) is 3. The zero-order valence-corrected chi connectivity index (χ0v) is 16.9. The van der Waals surface area contributed by atoms with Crippen LogP contribution in [0.2, 0.25) is 0 Å². The van der Waals surface area contributed by atoms with Crippen LogP contribution in [0.4, 0.5) is 0 Å². The molecule has 4 nitrogen and oxygen atoms in total. The molecule has 0 N–H and O–H groups in total. The van der Waals surface area contributed by atoms with Crippen LogP contribution in [-0.2, 0) is 24.3 Å². The Morgan fingerprint density at radius 3 is 2.41 bits per heavy atom. The predicted molar refractivity (Wildman–Crippen MR) is 117 cm³/mol. The van der Waals surface area contributed by atoms with Gasteiger partial charge in [-0.1, -0.05) is 66.7 Å². The van der Waals surface area contributed by atoms with Crippen LogP contribution in [0, 0.1) is 6.92 Å². The van der Waals surface area contributed by atoms with Crippen LogP contribution in [0.3, 0.4) is 0 Å². The summed E-state index contributed by atoms with van der Waals surface area (Å²) < 4.78 is 2.06. The van der Waals surface area contributed by atoms with E-state index in [1.807, 2.05) is 73.8 Å². The first-order valence-electron chi connectivity index (χ1n) is 9.88. The zero-order chi connectivity index (χ0) is 20.2. The molecule has 0 spiro atoms. The van der Waals surface area contributed by atoms with Crippen molar-refractivity contribution in [1.82, 2.24) is 14.5 Å². The molecule has 4 heteroatoms.